The van der Waals surface area contributed by atoms with E-state index in [1.807, 2.05) is 4.90 Å². The lowest BCUT2D eigenvalue weighted by atomic mass is 9.91. The number of phenolic OH excluding ortho intramolecular Hbond substituents is 1. The Labute approximate surface area is 157 Å². The molecule has 4 rings (SSSR count). The number of carbonyl (C=O) groups excluding carboxylic acids is 1. The molecule has 3 aliphatic rings. The van der Waals surface area contributed by atoms with E-state index in [9.17, 15) is 15.0 Å². The second-order valence-electron chi connectivity index (χ2n) is 7.46. The number of hydrogen-bond donors (Lipinski definition) is 2. The number of hydrogen-bond acceptors (Lipinski definition) is 4. The average molecular weight is 385 g/mol. The van der Waals surface area contributed by atoms with E-state index in [0.717, 1.165) is 25.8 Å². The Hall–Kier alpha value is -1.01. The molecule has 5 nitrogen and oxygen atoms in total. The minimum Gasteiger partial charge on any atom is -0.508 e. The lowest BCUT2D eigenvalue weighted by Gasteiger charge is -2.38. The number of amides is 1. The standard InChI is InChI=1S/C18H22Cl2N2O3/c19-14-1-2-15(24)17(18(14)20)10-5-12-6-11(7-16(25)22(12)8-10)21-4-3-13(23)9-21/h1-2,10-13,23-24H,3-9H2/t10-,11+,12-,13+/m0/s1. The van der Waals surface area contributed by atoms with Crippen molar-refractivity contribution in [2.75, 3.05) is 19.6 Å². The first-order valence-electron chi connectivity index (χ1n) is 8.82. The predicted octanol–water partition coefficient (Wildman–Crippen LogP) is 2.61. The van der Waals surface area contributed by atoms with Gasteiger partial charge in [0.2, 0.25) is 5.91 Å². The Morgan fingerprint density at radius 1 is 1.12 bits per heavy atom. The summed E-state index contributed by atoms with van der Waals surface area (Å²) in [4.78, 5) is 16.8. The topological polar surface area (TPSA) is 64.0 Å². The van der Waals surface area contributed by atoms with Gasteiger partial charge in [-0.3, -0.25) is 9.69 Å². The van der Waals surface area contributed by atoms with E-state index >= 15 is 0 Å². The maximum atomic E-state index is 12.7. The molecular weight excluding hydrogens is 363 g/mol. The Morgan fingerprint density at radius 3 is 2.64 bits per heavy atom. The molecule has 25 heavy (non-hydrogen) atoms. The Morgan fingerprint density at radius 2 is 1.92 bits per heavy atom. The lowest BCUT2D eigenvalue weighted by Crippen LogP contribution is -2.50. The van der Waals surface area contributed by atoms with Crippen LogP contribution >= 0.6 is 23.2 Å². The minimum atomic E-state index is -0.272. The summed E-state index contributed by atoms with van der Waals surface area (Å²) in [6, 6.07) is 3.51. The van der Waals surface area contributed by atoms with Gasteiger partial charge in [0, 0.05) is 49.6 Å². The van der Waals surface area contributed by atoms with Crippen LogP contribution < -0.4 is 0 Å². The number of aromatic hydroxyl groups is 1. The first-order valence-corrected chi connectivity index (χ1v) is 9.58. The van der Waals surface area contributed by atoms with Gasteiger partial charge in [0.15, 0.2) is 0 Å². The molecule has 1 amide bonds. The summed E-state index contributed by atoms with van der Waals surface area (Å²) in [6.45, 7) is 2.09. The highest BCUT2D eigenvalue weighted by Gasteiger charge is 2.44. The third kappa shape index (κ3) is 3.12. The van der Waals surface area contributed by atoms with Gasteiger partial charge in [0.1, 0.15) is 5.75 Å². The number of piperidine rings is 1. The van der Waals surface area contributed by atoms with Crippen molar-refractivity contribution in [3.8, 4) is 5.75 Å². The van der Waals surface area contributed by atoms with Crippen LogP contribution in [0.25, 0.3) is 0 Å². The molecule has 0 radical (unpaired) electrons. The summed E-state index contributed by atoms with van der Waals surface area (Å²) in [6.07, 6.45) is 2.71. The third-order valence-corrected chi connectivity index (χ3v) is 6.74. The second kappa shape index (κ2) is 6.62. The number of aliphatic hydroxyl groups is 1. The fourth-order valence-electron chi connectivity index (χ4n) is 4.69. The number of phenols is 1. The van der Waals surface area contributed by atoms with Crippen molar-refractivity contribution in [1.29, 1.82) is 0 Å². The molecule has 0 aliphatic carbocycles. The van der Waals surface area contributed by atoms with Crippen LogP contribution in [0.3, 0.4) is 0 Å². The molecule has 4 atom stereocenters. The molecule has 2 N–H and O–H groups in total. The van der Waals surface area contributed by atoms with E-state index < -0.39 is 0 Å². The molecule has 0 aromatic heterocycles. The summed E-state index contributed by atoms with van der Waals surface area (Å²) in [5.41, 5.74) is 0.657. The Balaban J connectivity index is 1.53. The molecule has 3 fully saturated rings. The van der Waals surface area contributed by atoms with Crippen LogP contribution in [0.15, 0.2) is 12.1 Å². The molecule has 1 aromatic carbocycles. The van der Waals surface area contributed by atoms with Crippen LogP contribution in [0, 0.1) is 0 Å². The normalized spacial score (nSPS) is 33.1. The summed E-state index contributed by atoms with van der Waals surface area (Å²) in [5, 5.41) is 20.8. The van der Waals surface area contributed by atoms with Crippen LogP contribution in [0.2, 0.25) is 10.0 Å². The van der Waals surface area contributed by atoms with Gasteiger partial charge < -0.3 is 15.1 Å². The van der Waals surface area contributed by atoms with Gasteiger partial charge in [-0.2, -0.15) is 0 Å². The van der Waals surface area contributed by atoms with Crippen LogP contribution in [-0.4, -0.2) is 63.7 Å². The number of aliphatic hydroxyl groups excluding tert-OH is 1. The van der Waals surface area contributed by atoms with Gasteiger partial charge in [0.05, 0.1) is 16.1 Å². The zero-order chi connectivity index (χ0) is 17.7. The third-order valence-electron chi connectivity index (χ3n) is 5.92. The van der Waals surface area contributed by atoms with Crippen molar-refractivity contribution < 1.29 is 15.0 Å². The predicted molar refractivity (Wildman–Crippen MR) is 96.2 cm³/mol. The van der Waals surface area contributed by atoms with Crippen LogP contribution in [0.4, 0.5) is 0 Å². The number of fused-ring (bicyclic) bond motifs is 1. The Kier molecular flexibility index (Phi) is 4.61. The van der Waals surface area contributed by atoms with Gasteiger partial charge in [0.25, 0.3) is 0 Å². The van der Waals surface area contributed by atoms with Crippen molar-refractivity contribution >= 4 is 29.1 Å². The molecule has 0 unspecified atom stereocenters. The fraction of sp³-hybridized carbons (Fsp3) is 0.611. The van der Waals surface area contributed by atoms with Crippen molar-refractivity contribution in [3.63, 3.8) is 0 Å². The quantitative estimate of drug-likeness (QED) is 0.822. The number of β-amino-alcohol motifs (C(OH)–C–C–N with tert-alkyl or cyclic N) is 1. The first-order chi connectivity index (χ1) is 11.9. The fourth-order valence-corrected chi connectivity index (χ4v) is 5.17. The zero-order valence-electron chi connectivity index (χ0n) is 13.9. The minimum absolute atomic E-state index is 0.00284. The summed E-state index contributed by atoms with van der Waals surface area (Å²) >= 11 is 12.4. The number of halogens is 2. The average Bonchev–Trinajstić information content (AvgIpc) is 3.18. The largest absolute Gasteiger partial charge is 0.508 e. The van der Waals surface area contributed by atoms with Crippen LogP contribution in [0.1, 0.15) is 37.2 Å². The number of nitrogens with zero attached hydrogens (tertiary/aromatic N) is 2. The maximum absolute atomic E-state index is 12.7. The van der Waals surface area contributed by atoms with Gasteiger partial charge >= 0.3 is 0 Å². The molecular formula is C18H22Cl2N2O3. The highest BCUT2D eigenvalue weighted by molar-refractivity contribution is 6.42. The van der Waals surface area contributed by atoms with Crippen LogP contribution in [-0.2, 0) is 4.79 Å². The summed E-state index contributed by atoms with van der Waals surface area (Å²) in [7, 11) is 0. The van der Waals surface area contributed by atoms with Gasteiger partial charge in [-0.15, -0.1) is 0 Å². The Bertz CT molecular complexity index is 699. The van der Waals surface area contributed by atoms with Gasteiger partial charge in [-0.1, -0.05) is 23.2 Å². The molecule has 7 heteroatoms. The molecule has 0 bridgehead atoms. The molecule has 0 saturated carbocycles. The number of benzene rings is 1. The SMILES string of the molecule is O=C1C[C@H](N2CC[C@@H](O)C2)C[C@@H]2C[C@H](c3c(O)ccc(Cl)c3Cl)CN12. The van der Waals surface area contributed by atoms with E-state index in [0.29, 0.717) is 35.1 Å². The first kappa shape index (κ1) is 17.4. The summed E-state index contributed by atoms with van der Waals surface area (Å²) < 4.78 is 0. The summed E-state index contributed by atoms with van der Waals surface area (Å²) in [5.74, 6) is 0.303. The number of carbonyl (C=O) groups is 1. The highest BCUT2D eigenvalue weighted by Crippen LogP contribution is 2.45. The maximum Gasteiger partial charge on any atom is 0.224 e. The van der Waals surface area contributed by atoms with Crippen LogP contribution in [0.5, 0.6) is 5.75 Å². The molecule has 3 saturated heterocycles. The molecule has 1 aromatic rings. The molecule has 136 valence electrons. The van der Waals surface area contributed by atoms with Crippen molar-refractivity contribution in [2.24, 2.45) is 0 Å². The lowest BCUT2D eigenvalue weighted by molar-refractivity contribution is -0.137. The van der Waals surface area contributed by atoms with E-state index in [4.69, 9.17) is 23.2 Å². The van der Waals surface area contributed by atoms with E-state index in [1.165, 1.54) is 0 Å². The van der Waals surface area contributed by atoms with E-state index in [-0.39, 0.29) is 35.8 Å². The van der Waals surface area contributed by atoms with Crippen molar-refractivity contribution in [1.82, 2.24) is 9.80 Å². The monoisotopic (exact) mass is 384 g/mol. The van der Waals surface area contributed by atoms with E-state index in [2.05, 4.69) is 4.90 Å². The van der Waals surface area contributed by atoms with E-state index in [1.54, 1.807) is 12.1 Å². The zero-order valence-corrected chi connectivity index (χ0v) is 15.4. The number of rotatable bonds is 2. The van der Waals surface area contributed by atoms with Crippen molar-refractivity contribution in [3.05, 3.63) is 27.7 Å². The van der Waals surface area contributed by atoms with Crippen molar-refractivity contribution in [2.45, 2.75) is 49.8 Å². The molecule has 3 aliphatic heterocycles. The molecule has 0 spiro atoms. The second-order valence-corrected chi connectivity index (χ2v) is 8.24. The smallest absolute Gasteiger partial charge is 0.224 e. The number of likely N-dealkylation sites (tertiary alicyclic amines) is 1. The molecule has 3 heterocycles. The van der Waals surface area contributed by atoms with Gasteiger partial charge in [-0.05, 0) is 31.4 Å². The highest BCUT2D eigenvalue weighted by atomic mass is 35.5. The van der Waals surface area contributed by atoms with Gasteiger partial charge in [-0.25, -0.2) is 0 Å².